The van der Waals surface area contributed by atoms with Gasteiger partial charge in [-0.1, -0.05) is 30.3 Å². The third-order valence-electron chi connectivity index (χ3n) is 2.90. The Kier molecular flexibility index (Phi) is 3.83. The van der Waals surface area contributed by atoms with Gasteiger partial charge in [0.25, 0.3) is 0 Å². The molecule has 3 nitrogen and oxygen atoms in total. The molecule has 0 saturated carbocycles. The largest absolute Gasteiger partial charge is 0.489 e. The molecule has 1 heterocycles. The summed E-state index contributed by atoms with van der Waals surface area (Å²) in [6, 6.07) is 18.0. The van der Waals surface area contributed by atoms with Crippen LogP contribution in [0.3, 0.4) is 0 Å². The molecule has 100 valence electrons. The van der Waals surface area contributed by atoms with E-state index in [2.05, 4.69) is 33.2 Å². The van der Waals surface area contributed by atoms with Crippen LogP contribution in [0.5, 0.6) is 5.75 Å². The highest BCUT2D eigenvalue weighted by Gasteiger charge is 2.00. The number of hydrogen-bond donors (Lipinski definition) is 0. The van der Waals surface area contributed by atoms with E-state index in [0.29, 0.717) is 6.61 Å². The molecule has 1 aromatic heterocycles. The van der Waals surface area contributed by atoms with Crippen molar-refractivity contribution >= 4 is 15.9 Å². The molecule has 2 aromatic carbocycles. The Labute approximate surface area is 125 Å². The van der Waals surface area contributed by atoms with E-state index in [1.54, 1.807) is 6.20 Å². The first-order valence-corrected chi connectivity index (χ1v) is 7.08. The van der Waals surface area contributed by atoms with Gasteiger partial charge in [0.15, 0.2) is 0 Å². The quantitative estimate of drug-likeness (QED) is 0.717. The van der Waals surface area contributed by atoms with Crippen LogP contribution in [0.2, 0.25) is 0 Å². The van der Waals surface area contributed by atoms with E-state index in [1.807, 2.05) is 53.3 Å². The van der Waals surface area contributed by atoms with E-state index >= 15 is 0 Å². The summed E-state index contributed by atoms with van der Waals surface area (Å²) in [5.41, 5.74) is 2.16. The lowest BCUT2D eigenvalue weighted by Gasteiger charge is -2.07. The predicted octanol–water partition coefficient (Wildman–Crippen LogP) is 4.21. The maximum atomic E-state index is 5.75. The van der Waals surface area contributed by atoms with Gasteiger partial charge in [0, 0.05) is 6.20 Å². The molecule has 3 aromatic rings. The van der Waals surface area contributed by atoms with Gasteiger partial charge in [0.2, 0.25) is 0 Å². The number of rotatable bonds is 4. The zero-order chi connectivity index (χ0) is 13.8. The average Bonchev–Trinajstić information content (AvgIpc) is 2.93. The molecule has 0 spiro atoms. The topological polar surface area (TPSA) is 27.1 Å². The maximum Gasteiger partial charge on any atom is 0.119 e. The molecule has 3 rings (SSSR count). The van der Waals surface area contributed by atoms with Crippen molar-refractivity contribution in [3.8, 4) is 11.4 Å². The Morgan fingerprint density at radius 3 is 2.40 bits per heavy atom. The smallest absolute Gasteiger partial charge is 0.119 e. The van der Waals surface area contributed by atoms with Crippen molar-refractivity contribution in [1.29, 1.82) is 0 Å². The fraction of sp³-hybridized carbons (Fsp3) is 0.0625. The summed E-state index contributed by atoms with van der Waals surface area (Å²) >= 11 is 3.39. The Morgan fingerprint density at radius 1 is 1.00 bits per heavy atom. The van der Waals surface area contributed by atoms with Crippen LogP contribution in [0.25, 0.3) is 5.69 Å². The molecule has 0 radical (unpaired) electrons. The van der Waals surface area contributed by atoms with Gasteiger partial charge in [-0.15, -0.1) is 0 Å². The van der Waals surface area contributed by atoms with Crippen molar-refractivity contribution in [2.45, 2.75) is 6.61 Å². The standard InChI is InChI=1S/C16H13BrN2O/c17-14-10-18-19(11-14)15-6-8-16(9-7-15)20-12-13-4-2-1-3-5-13/h1-11H,12H2. The highest BCUT2D eigenvalue weighted by Crippen LogP contribution is 2.17. The first kappa shape index (κ1) is 12.9. The second kappa shape index (κ2) is 5.92. The lowest BCUT2D eigenvalue weighted by molar-refractivity contribution is 0.306. The van der Waals surface area contributed by atoms with Crippen LogP contribution in [-0.2, 0) is 6.61 Å². The van der Waals surface area contributed by atoms with E-state index in [-0.39, 0.29) is 0 Å². The zero-order valence-electron chi connectivity index (χ0n) is 10.7. The second-order valence-corrected chi connectivity index (χ2v) is 5.29. The van der Waals surface area contributed by atoms with Crippen LogP contribution in [0.1, 0.15) is 5.56 Å². The van der Waals surface area contributed by atoms with Gasteiger partial charge in [-0.05, 0) is 45.8 Å². The van der Waals surface area contributed by atoms with Crippen LogP contribution < -0.4 is 4.74 Å². The third kappa shape index (κ3) is 3.08. The molecule has 0 unspecified atom stereocenters. The SMILES string of the molecule is Brc1cnn(-c2ccc(OCc3ccccc3)cc2)c1. The lowest BCUT2D eigenvalue weighted by atomic mass is 10.2. The number of ether oxygens (including phenoxy) is 1. The summed E-state index contributed by atoms with van der Waals surface area (Å²) in [6.07, 6.45) is 3.68. The summed E-state index contributed by atoms with van der Waals surface area (Å²) in [4.78, 5) is 0. The van der Waals surface area contributed by atoms with Crippen molar-refractivity contribution in [3.63, 3.8) is 0 Å². The number of aromatic nitrogens is 2. The highest BCUT2D eigenvalue weighted by molar-refractivity contribution is 9.10. The van der Waals surface area contributed by atoms with E-state index in [1.165, 1.54) is 0 Å². The molecule has 0 bridgehead atoms. The number of halogens is 1. The molecule has 0 aliphatic carbocycles. The second-order valence-electron chi connectivity index (χ2n) is 4.37. The minimum atomic E-state index is 0.577. The number of hydrogen-bond acceptors (Lipinski definition) is 2. The molecule has 0 aliphatic heterocycles. The molecule has 0 N–H and O–H groups in total. The first-order valence-electron chi connectivity index (χ1n) is 6.28. The Morgan fingerprint density at radius 2 is 1.75 bits per heavy atom. The molecule has 0 aliphatic rings. The molecular weight excluding hydrogens is 316 g/mol. The summed E-state index contributed by atoms with van der Waals surface area (Å²) < 4.78 is 8.52. The van der Waals surface area contributed by atoms with E-state index < -0.39 is 0 Å². The molecular formula is C16H13BrN2O. The van der Waals surface area contributed by atoms with Gasteiger partial charge in [0.05, 0.1) is 16.4 Å². The number of benzene rings is 2. The molecule has 0 atom stereocenters. The summed E-state index contributed by atoms with van der Waals surface area (Å²) in [5, 5.41) is 4.24. The molecule has 0 fully saturated rings. The summed E-state index contributed by atoms with van der Waals surface area (Å²) in [5.74, 6) is 0.851. The highest BCUT2D eigenvalue weighted by atomic mass is 79.9. The van der Waals surface area contributed by atoms with E-state index in [4.69, 9.17) is 4.74 Å². The van der Waals surface area contributed by atoms with E-state index in [0.717, 1.165) is 21.5 Å². The van der Waals surface area contributed by atoms with Crippen molar-refractivity contribution in [2.75, 3.05) is 0 Å². The van der Waals surface area contributed by atoms with Crippen LogP contribution >= 0.6 is 15.9 Å². The van der Waals surface area contributed by atoms with Gasteiger partial charge >= 0.3 is 0 Å². The molecule has 0 amide bonds. The van der Waals surface area contributed by atoms with E-state index in [9.17, 15) is 0 Å². The Balaban J connectivity index is 1.67. The molecule has 4 heteroatoms. The predicted molar refractivity (Wildman–Crippen MR) is 82.0 cm³/mol. The molecule has 20 heavy (non-hydrogen) atoms. The molecule has 0 saturated heterocycles. The van der Waals surface area contributed by atoms with Gasteiger partial charge < -0.3 is 4.74 Å². The summed E-state index contributed by atoms with van der Waals surface area (Å²) in [6.45, 7) is 0.577. The Hall–Kier alpha value is -2.07. The van der Waals surface area contributed by atoms with Crippen molar-refractivity contribution in [3.05, 3.63) is 77.0 Å². The van der Waals surface area contributed by atoms with Gasteiger partial charge in [-0.2, -0.15) is 5.10 Å². The fourth-order valence-corrected chi connectivity index (χ4v) is 2.16. The Bertz CT molecular complexity index is 677. The third-order valence-corrected chi connectivity index (χ3v) is 3.31. The lowest BCUT2D eigenvalue weighted by Crippen LogP contribution is -1.96. The van der Waals surface area contributed by atoms with Crippen molar-refractivity contribution < 1.29 is 4.74 Å². The van der Waals surface area contributed by atoms with Gasteiger partial charge in [-0.3, -0.25) is 0 Å². The van der Waals surface area contributed by atoms with Gasteiger partial charge in [0.1, 0.15) is 12.4 Å². The zero-order valence-corrected chi connectivity index (χ0v) is 12.3. The van der Waals surface area contributed by atoms with Crippen LogP contribution in [0.15, 0.2) is 71.5 Å². The van der Waals surface area contributed by atoms with Crippen LogP contribution in [0, 0.1) is 0 Å². The normalized spacial score (nSPS) is 10.4. The number of nitrogens with zero attached hydrogens (tertiary/aromatic N) is 2. The first-order chi connectivity index (χ1) is 9.81. The van der Waals surface area contributed by atoms with Crippen LogP contribution in [0.4, 0.5) is 0 Å². The van der Waals surface area contributed by atoms with Crippen molar-refractivity contribution in [2.24, 2.45) is 0 Å². The van der Waals surface area contributed by atoms with Crippen LogP contribution in [-0.4, -0.2) is 9.78 Å². The van der Waals surface area contributed by atoms with Crippen molar-refractivity contribution in [1.82, 2.24) is 9.78 Å². The fourth-order valence-electron chi connectivity index (χ4n) is 1.88. The maximum absolute atomic E-state index is 5.75. The monoisotopic (exact) mass is 328 g/mol. The minimum Gasteiger partial charge on any atom is -0.489 e. The average molecular weight is 329 g/mol. The minimum absolute atomic E-state index is 0.577. The van der Waals surface area contributed by atoms with Gasteiger partial charge in [-0.25, -0.2) is 4.68 Å². The summed E-state index contributed by atoms with van der Waals surface area (Å²) in [7, 11) is 0.